The molecule has 0 N–H and O–H groups in total. The normalized spacial score (nSPS) is 22.1. The number of ketones is 1. The molecule has 1 aliphatic rings. The lowest BCUT2D eigenvalue weighted by Gasteiger charge is -2.02. The van der Waals surface area contributed by atoms with E-state index in [2.05, 4.69) is 15.9 Å². The van der Waals surface area contributed by atoms with Crippen LogP contribution in [0, 0.1) is 5.92 Å². The summed E-state index contributed by atoms with van der Waals surface area (Å²) in [6, 6.07) is 1.88. The molecular weight excluding hydrogens is 252 g/mol. The van der Waals surface area contributed by atoms with Gasteiger partial charge in [-0.1, -0.05) is 0 Å². The summed E-state index contributed by atoms with van der Waals surface area (Å²) in [6.07, 6.45) is 0.869. The van der Waals surface area contributed by atoms with Crippen LogP contribution in [-0.4, -0.2) is 19.0 Å². The fraction of sp³-hybridized carbons (Fsp3) is 0.444. The van der Waals surface area contributed by atoms with Gasteiger partial charge in [0, 0.05) is 22.4 Å². The molecule has 1 atom stereocenters. The van der Waals surface area contributed by atoms with Crippen LogP contribution in [0.4, 0.5) is 0 Å². The lowest BCUT2D eigenvalue weighted by atomic mass is 10.0. The van der Waals surface area contributed by atoms with Gasteiger partial charge in [-0.15, -0.1) is 11.3 Å². The summed E-state index contributed by atoms with van der Waals surface area (Å²) in [4.78, 5) is 12.6. The Morgan fingerprint density at radius 1 is 1.69 bits per heavy atom. The minimum atomic E-state index is 0.0885. The molecule has 0 bridgehead atoms. The lowest BCUT2D eigenvalue weighted by molar-refractivity contribution is 0.0904. The standard InChI is InChI=1S/C9H9BrO2S/c10-7-3-8(13-5-7)9(11)6-1-2-12-4-6/h3,5-6H,1-2,4H2. The molecule has 0 aromatic carbocycles. The maximum absolute atomic E-state index is 11.8. The van der Waals surface area contributed by atoms with Crippen LogP contribution in [0.2, 0.25) is 0 Å². The number of Topliss-reactive ketones (excluding diaryl/α,β-unsaturated/α-hetero) is 1. The van der Waals surface area contributed by atoms with Crippen LogP contribution in [-0.2, 0) is 4.74 Å². The van der Waals surface area contributed by atoms with E-state index in [9.17, 15) is 4.79 Å². The minimum absolute atomic E-state index is 0.0885. The highest BCUT2D eigenvalue weighted by Crippen LogP contribution is 2.25. The third kappa shape index (κ3) is 2.00. The number of halogens is 1. The molecule has 0 aliphatic carbocycles. The Labute approximate surface area is 89.0 Å². The van der Waals surface area contributed by atoms with E-state index in [1.807, 2.05) is 11.4 Å². The van der Waals surface area contributed by atoms with Crippen molar-refractivity contribution in [2.24, 2.45) is 5.92 Å². The van der Waals surface area contributed by atoms with Gasteiger partial charge in [-0.25, -0.2) is 0 Å². The van der Waals surface area contributed by atoms with Gasteiger partial charge in [-0.2, -0.15) is 0 Å². The molecular formula is C9H9BrO2S. The molecule has 0 spiro atoms. The molecule has 2 nitrogen and oxygen atoms in total. The first kappa shape index (κ1) is 9.37. The van der Waals surface area contributed by atoms with Crippen molar-refractivity contribution in [3.05, 3.63) is 20.8 Å². The Kier molecular flexibility index (Phi) is 2.81. The molecule has 4 heteroatoms. The maximum atomic E-state index is 11.8. The van der Waals surface area contributed by atoms with E-state index in [1.165, 1.54) is 11.3 Å². The van der Waals surface area contributed by atoms with Crippen molar-refractivity contribution >= 4 is 33.0 Å². The van der Waals surface area contributed by atoms with Gasteiger partial charge in [-0.05, 0) is 28.4 Å². The minimum Gasteiger partial charge on any atom is -0.381 e. The van der Waals surface area contributed by atoms with E-state index in [1.54, 1.807) is 0 Å². The predicted molar refractivity (Wildman–Crippen MR) is 55.3 cm³/mol. The Morgan fingerprint density at radius 2 is 2.54 bits per heavy atom. The van der Waals surface area contributed by atoms with Gasteiger partial charge in [0.15, 0.2) is 5.78 Å². The summed E-state index contributed by atoms with van der Waals surface area (Å²) in [7, 11) is 0. The van der Waals surface area contributed by atoms with Crippen LogP contribution in [0.1, 0.15) is 16.1 Å². The van der Waals surface area contributed by atoms with Crippen LogP contribution in [0.3, 0.4) is 0 Å². The van der Waals surface area contributed by atoms with Crippen LogP contribution < -0.4 is 0 Å². The quantitative estimate of drug-likeness (QED) is 0.765. The zero-order valence-electron chi connectivity index (χ0n) is 6.96. The molecule has 1 saturated heterocycles. The SMILES string of the molecule is O=C(c1cc(Br)cs1)C1CCOC1. The second kappa shape index (κ2) is 3.90. The monoisotopic (exact) mass is 260 g/mol. The summed E-state index contributed by atoms with van der Waals surface area (Å²) in [5.74, 6) is 0.318. The van der Waals surface area contributed by atoms with Crippen molar-refractivity contribution in [3.8, 4) is 0 Å². The predicted octanol–water partition coefficient (Wildman–Crippen LogP) is 2.73. The molecule has 0 saturated carbocycles. The molecule has 2 heterocycles. The molecule has 2 rings (SSSR count). The summed E-state index contributed by atoms with van der Waals surface area (Å²) in [5.41, 5.74) is 0. The fourth-order valence-electron chi connectivity index (χ4n) is 1.38. The Bertz CT molecular complexity index is 315. The summed E-state index contributed by atoms with van der Waals surface area (Å²) in [5, 5.41) is 1.93. The van der Waals surface area contributed by atoms with Gasteiger partial charge in [0.05, 0.1) is 11.5 Å². The van der Waals surface area contributed by atoms with Crippen molar-refractivity contribution in [3.63, 3.8) is 0 Å². The van der Waals surface area contributed by atoms with Gasteiger partial charge >= 0.3 is 0 Å². The first-order valence-electron chi connectivity index (χ1n) is 4.13. The maximum Gasteiger partial charge on any atom is 0.178 e. The summed E-state index contributed by atoms with van der Waals surface area (Å²) < 4.78 is 6.16. The molecule has 0 amide bonds. The van der Waals surface area contributed by atoms with Crippen LogP contribution in [0.15, 0.2) is 15.9 Å². The number of thiophene rings is 1. The number of carbonyl (C=O) groups is 1. The van der Waals surface area contributed by atoms with Gasteiger partial charge in [0.25, 0.3) is 0 Å². The zero-order valence-corrected chi connectivity index (χ0v) is 9.36. The summed E-state index contributed by atoms with van der Waals surface area (Å²) in [6.45, 7) is 1.32. The summed E-state index contributed by atoms with van der Waals surface area (Å²) >= 11 is 4.83. The molecule has 1 aromatic heterocycles. The first-order chi connectivity index (χ1) is 6.27. The molecule has 1 aromatic rings. The Hall–Kier alpha value is -0.190. The Balaban J connectivity index is 2.12. The molecule has 1 unspecified atom stereocenters. The third-order valence-corrected chi connectivity index (χ3v) is 3.82. The van der Waals surface area contributed by atoms with Crippen LogP contribution in [0.25, 0.3) is 0 Å². The van der Waals surface area contributed by atoms with Crippen molar-refractivity contribution in [1.29, 1.82) is 0 Å². The highest BCUT2D eigenvalue weighted by atomic mass is 79.9. The highest BCUT2D eigenvalue weighted by molar-refractivity contribution is 9.10. The second-order valence-corrected chi connectivity index (χ2v) is 4.88. The average molecular weight is 261 g/mol. The van der Waals surface area contributed by atoms with Crippen LogP contribution >= 0.6 is 27.3 Å². The van der Waals surface area contributed by atoms with Crippen molar-refractivity contribution in [2.75, 3.05) is 13.2 Å². The average Bonchev–Trinajstić information content (AvgIpc) is 2.72. The van der Waals surface area contributed by atoms with E-state index in [-0.39, 0.29) is 11.7 Å². The van der Waals surface area contributed by atoms with Gasteiger partial charge in [0.2, 0.25) is 0 Å². The van der Waals surface area contributed by atoms with E-state index in [4.69, 9.17) is 4.74 Å². The lowest BCUT2D eigenvalue weighted by Crippen LogP contribution is -2.12. The number of hydrogen-bond acceptors (Lipinski definition) is 3. The second-order valence-electron chi connectivity index (χ2n) is 3.05. The largest absolute Gasteiger partial charge is 0.381 e. The number of ether oxygens (including phenoxy) is 1. The van der Waals surface area contributed by atoms with E-state index in [0.717, 1.165) is 22.4 Å². The van der Waals surface area contributed by atoms with Gasteiger partial charge in [0.1, 0.15) is 0 Å². The number of carbonyl (C=O) groups excluding carboxylic acids is 1. The molecule has 0 radical (unpaired) electrons. The van der Waals surface area contributed by atoms with Crippen molar-refractivity contribution < 1.29 is 9.53 Å². The van der Waals surface area contributed by atoms with E-state index in [0.29, 0.717) is 6.61 Å². The zero-order chi connectivity index (χ0) is 9.26. The molecule has 70 valence electrons. The molecule has 1 fully saturated rings. The van der Waals surface area contributed by atoms with E-state index >= 15 is 0 Å². The van der Waals surface area contributed by atoms with Crippen LogP contribution in [0.5, 0.6) is 0 Å². The topological polar surface area (TPSA) is 26.3 Å². The highest BCUT2D eigenvalue weighted by Gasteiger charge is 2.25. The third-order valence-electron chi connectivity index (χ3n) is 2.11. The number of rotatable bonds is 2. The van der Waals surface area contributed by atoms with Gasteiger partial charge in [-0.3, -0.25) is 4.79 Å². The molecule has 13 heavy (non-hydrogen) atoms. The van der Waals surface area contributed by atoms with E-state index < -0.39 is 0 Å². The van der Waals surface area contributed by atoms with Crippen molar-refractivity contribution in [1.82, 2.24) is 0 Å². The Morgan fingerprint density at radius 3 is 3.08 bits per heavy atom. The van der Waals surface area contributed by atoms with Crippen molar-refractivity contribution in [2.45, 2.75) is 6.42 Å². The smallest absolute Gasteiger partial charge is 0.178 e. The molecule has 1 aliphatic heterocycles. The first-order valence-corrected chi connectivity index (χ1v) is 5.80. The number of hydrogen-bond donors (Lipinski definition) is 0. The fourth-order valence-corrected chi connectivity index (χ4v) is 2.83. The van der Waals surface area contributed by atoms with Gasteiger partial charge < -0.3 is 4.74 Å².